The molecule has 2 rings (SSSR count). The highest BCUT2D eigenvalue weighted by Crippen LogP contribution is 2.25. The predicted molar refractivity (Wildman–Crippen MR) is 81.3 cm³/mol. The second kappa shape index (κ2) is 7.22. The number of hydrogen-bond donors (Lipinski definition) is 1. The maximum atomic E-state index is 5.87. The van der Waals surface area contributed by atoms with Crippen LogP contribution in [0, 0.1) is 0 Å². The Kier molecular flexibility index (Phi) is 5.60. The molecule has 1 aromatic rings. The topological polar surface area (TPSA) is 51.4 Å². The van der Waals surface area contributed by atoms with E-state index in [-0.39, 0.29) is 0 Å². The number of rotatable bonds is 5. The summed E-state index contributed by atoms with van der Waals surface area (Å²) in [5.74, 6) is 1.01. The van der Waals surface area contributed by atoms with Crippen LogP contribution in [-0.4, -0.2) is 30.8 Å². The van der Waals surface area contributed by atoms with Gasteiger partial charge in [-0.05, 0) is 41.3 Å². The number of pyridine rings is 1. The Morgan fingerprint density at radius 2 is 2.42 bits per heavy atom. The van der Waals surface area contributed by atoms with E-state index in [1.165, 1.54) is 0 Å². The lowest BCUT2D eigenvalue weighted by Gasteiger charge is -2.34. The highest BCUT2D eigenvalue weighted by Gasteiger charge is 2.22. The second-order valence-corrected chi connectivity index (χ2v) is 5.84. The van der Waals surface area contributed by atoms with Crippen molar-refractivity contribution in [2.75, 3.05) is 24.6 Å². The normalized spacial score (nSPS) is 19.7. The summed E-state index contributed by atoms with van der Waals surface area (Å²) in [7, 11) is 0. The van der Waals surface area contributed by atoms with E-state index in [0.717, 1.165) is 54.8 Å². The van der Waals surface area contributed by atoms with Crippen molar-refractivity contribution in [3.63, 3.8) is 0 Å². The van der Waals surface area contributed by atoms with Crippen molar-refractivity contribution in [1.29, 1.82) is 0 Å². The molecule has 0 aromatic carbocycles. The quantitative estimate of drug-likeness (QED) is 0.903. The van der Waals surface area contributed by atoms with Crippen molar-refractivity contribution in [1.82, 2.24) is 4.98 Å². The van der Waals surface area contributed by atoms with Crippen molar-refractivity contribution >= 4 is 21.7 Å². The Morgan fingerprint density at radius 1 is 1.58 bits per heavy atom. The third-order valence-corrected chi connectivity index (χ3v) is 3.80. The molecular weight excluding hydrogens is 306 g/mol. The van der Waals surface area contributed by atoms with Gasteiger partial charge in [0.05, 0.1) is 6.10 Å². The van der Waals surface area contributed by atoms with Crippen LogP contribution in [-0.2, 0) is 11.3 Å². The summed E-state index contributed by atoms with van der Waals surface area (Å²) >= 11 is 3.45. The molecule has 0 saturated carbocycles. The molecule has 1 aromatic heterocycles. The van der Waals surface area contributed by atoms with E-state index in [2.05, 4.69) is 38.8 Å². The molecule has 106 valence electrons. The molecule has 1 aliphatic heterocycles. The Hall–Kier alpha value is -0.650. The first-order valence-electron chi connectivity index (χ1n) is 6.95. The van der Waals surface area contributed by atoms with Crippen LogP contribution >= 0.6 is 15.9 Å². The summed E-state index contributed by atoms with van der Waals surface area (Å²) in [6, 6.07) is 2.05. The standard InChI is InChI=1S/C14H22BrN3O/c1-2-6-19-13-4-3-5-18(10-13)14-11(8-16)7-12(15)9-17-14/h7,9,13H,2-6,8,10,16H2,1H3. The lowest BCUT2D eigenvalue weighted by atomic mass is 10.1. The van der Waals surface area contributed by atoms with Gasteiger partial charge in [-0.2, -0.15) is 0 Å². The van der Waals surface area contributed by atoms with Gasteiger partial charge in [0.25, 0.3) is 0 Å². The monoisotopic (exact) mass is 327 g/mol. The zero-order chi connectivity index (χ0) is 13.7. The van der Waals surface area contributed by atoms with Gasteiger partial charge in [0.1, 0.15) is 5.82 Å². The molecule has 4 nitrogen and oxygen atoms in total. The molecule has 1 saturated heterocycles. The molecular formula is C14H22BrN3O. The molecule has 1 aliphatic rings. The number of ether oxygens (including phenoxy) is 1. The van der Waals surface area contributed by atoms with E-state index >= 15 is 0 Å². The van der Waals surface area contributed by atoms with Crippen LogP contribution in [0.2, 0.25) is 0 Å². The average Bonchev–Trinajstić information content (AvgIpc) is 2.45. The van der Waals surface area contributed by atoms with Gasteiger partial charge in [-0.3, -0.25) is 0 Å². The lowest BCUT2D eigenvalue weighted by Crippen LogP contribution is -2.40. The van der Waals surface area contributed by atoms with Crippen molar-refractivity contribution in [2.45, 2.75) is 38.8 Å². The van der Waals surface area contributed by atoms with Gasteiger partial charge in [-0.15, -0.1) is 0 Å². The minimum atomic E-state index is 0.324. The van der Waals surface area contributed by atoms with Crippen LogP contribution in [0.25, 0.3) is 0 Å². The van der Waals surface area contributed by atoms with Crippen LogP contribution < -0.4 is 10.6 Å². The molecule has 0 spiro atoms. The lowest BCUT2D eigenvalue weighted by molar-refractivity contribution is 0.0439. The number of nitrogens with zero attached hydrogens (tertiary/aromatic N) is 2. The molecule has 1 atom stereocenters. The van der Waals surface area contributed by atoms with Gasteiger partial charge < -0.3 is 15.4 Å². The minimum Gasteiger partial charge on any atom is -0.376 e. The Labute approximate surface area is 123 Å². The predicted octanol–water partition coefficient (Wildman–Crippen LogP) is 2.70. The fraction of sp³-hybridized carbons (Fsp3) is 0.643. The van der Waals surface area contributed by atoms with Gasteiger partial charge in [0.2, 0.25) is 0 Å². The van der Waals surface area contributed by atoms with Crippen molar-refractivity contribution < 1.29 is 4.74 Å². The largest absolute Gasteiger partial charge is 0.376 e. The number of aromatic nitrogens is 1. The summed E-state index contributed by atoms with van der Waals surface area (Å²) in [6.07, 6.45) is 5.53. The van der Waals surface area contributed by atoms with Crippen LogP contribution in [0.15, 0.2) is 16.7 Å². The number of hydrogen-bond acceptors (Lipinski definition) is 4. The summed E-state index contributed by atoms with van der Waals surface area (Å²) in [5.41, 5.74) is 6.91. The van der Waals surface area contributed by atoms with Crippen LogP contribution in [0.3, 0.4) is 0 Å². The fourth-order valence-corrected chi connectivity index (χ4v) is 2.84. The minimum absolute atomic E-state index is 0.324. The Balaban J connectivity index is 2.08. The zero-order valence-corrected chi connectivity index (χ0v) is 13.0. The molecule has 5 heteroatoms. The Bertz CT molecular complexity index is 414. The first kappa shape index (κ1) is 14.8. The molecule has 0 aliphatic carbocycles. The van der Waals surface area contributed by atoms with Crippen LogP contribution in [0.4, 0.5) is 5.82 Å². The molecule has 2 heterocycles. The molecule has 1 unspecified atom stereocenters. The molecule has 19 heavy (non-hydrogen) atoms. The number of piperidine rings is 1. The van der Waals surface area contributed by atoms with E-state index in [1.54, 1.807) is 0 Å². The summed E-state index contributed by atoms with van der Waals surface area (Å²) < 4.78 is 6.85. The first-order chi connectivity index (χ1) is 9.24. The van der Waals surface area contributed by atoms with E-state index in [0.29, 0.717) is 12.6 Å². The van der Waals surface area contributed by atoms with Gasteiger partial charge in [0.15, 0.2) is 0 Å². The average molecular weight is 328 g/mol. The third kappa shape index (κ3) is 3.91. The number of anilines is 1. The summed E-state index contributed by atoms with van der Waals surface area (Å²) in [4.78, 5) is 6.83. The summed E-state index contributed by atoms with van der Waals surface area (Å²) in [5, 5.41) is 0. The van der Waals surface area contributed by atoms with Gasteiger partial charge in [-0.1, -0.05) is 6.92 Å². The van der Waals surface area contributed by atoms with Gasteiger partial charge in [-0.25, -0.2) is 4.98 Å². The van der Waals surface area contributed by atoms with Crippen molar-refractivity contribution in [2.24, 2.45) is 5.73 Å². The number of halogens is 1. The highest BCUT2D eigenvalue weighted by molar-refractivity contribution is 9.10. The second-order valence-electron chi connectivity index (χ2n) is 4.92. The molecule has 0 bridgehead atoms. The van der Waals surface area contributed by atoms with Gasteiger partial charge >= 0.3 is 0 Å². The maximum absolute atomic E-state index is 5.87. The smallest absolute Gasteiger partial charge is 0.133 e. The fourth-order valence-electron chi connectivity index (χ4n) is 2.46. The van der Waals surface area contributed by atoms with Crippen LogP contribution in [0.5, 0.6) is 0 Å². The Morgan fingerprint density at radius 3 is 3.16 bits per heavy atom. The van der Waals surface area contributed by atoms with E-state index in [1.807, 2.05) is 6.20 Å². The molecule has 2 N–H and O–H groups in total. The SMILES string of the molecule is CCCOC1CCCN(c2ncc(Br)cc2CN)C1. The first-order valence-corrected chi connectivity index (χ1v) is 7.75. The van der Waals surface area contributed by atoms with Gasteiger partial charge in [0, 0.05) is 42.5 Å². The zero-order valence-electron chi connectivity index (χ0n) is 11.4. The van der Waals surface area contributed by atoms with E-state index in [9.17, 15) is 0 Å². The van der Waals surface area contributed by atoms with Crippen LogP contribution in [0.1, 0.15) is 31.7 Å². The van der Waals surface area contributed by atoms with E-state index < -0.39 is 0 Å². The van der Waals surface area contributed by atoms with Crippen molar-refractivity contribution in [3.8, 4) is 0 Å². The number of nitrogens with two attached hydrogens (primary N) is 1. The third-order valence-electron chi connectivity index (χ3n) is 3.36. The highest BCUT2D eigenvalue weighted by atomic mass is 79.9. The molecule has 0 amide bonds. The van der Waals surface area contributed by atoms with Crippen molar-refractivity contribution in [3.05, 3.63) is 22.3 Å². The molecule has 0 radical (unpaired) electrons. The van der Waals surface area contributed by atoms with E-state index in [4.69, 9.17) is 10.5 Å². The maximum Gasteiger partial charge on any atom is 0.133 e. The summed E-state index contributed by atoms with van der Waals surface area (Å²) in [6.45, 7) is 5.45. The molecule has 1 fully saturated rings.